The Morgan fingerprint density at radius 1 is 0.889 bits per heavy atom. The lowest BCUT2D eigenvalue weighted by molar-refractivity contribution is -0.143. The number of aromatic carboxylic acids is 1. The van der Waals surface area contributed by atoms with E-state index in [1.807, 2.05) is 6.08 Å². The largest absolute Gasteiger partial charge is 0.492 e. The van der Waals surface area contributed by atoms with E-state index in [-0.39, 0.29) is 62.9 Å². The molecule has 0 bridgehead atoms. The van der Waals surface area contributed by atoms with Crippen molar-refractivity contribution >= 4 is 57.8 Å². The first-order valence-electron chi connectivity index (χ1n) is 16.5. The maximum Gasteiger partial charge on any atom is 0.416 e. The molecule has 2 aliphatic rings. The Labute approximate surface area is 316 Å². The van der Waals surface area contributed by atoms with Gasteiger partial charge in [-0.2, -0.15) is 26.3 Å². The Morgan fingerprint density at radius 2 is 1.52 bits per heavy atom. The summed E-state index contributed by atoms with van der Waals surface area (Å²) in [6, 6.07) is 11.0. The van der Waals surface area contributed by atoms with Crippen molar-refractivity contribution in [3.05, 3.63) is 100 Å². The zero-order chi connectivity index (χ0) is 39.2. The van der Waals surface area contributed by atoms with Crippen molar-refractivity contribution < 1.29 is 50.6 Å². The second kappa shape index (κ2) is 17.2. The minimum absolute atomic E-state index is 0.0204. The Morgan fingerprint density at radius 3 is 2.11 bits per heavy atom. The molecule has 2 N–H and O–H groups in total. The van der Waals surface area contributed by atoms with Crippen molar-refractivity contribution in [3.8, 4) is 16.9 Å². The smallest absolute Gasteiger partial charge is 0.416 e. The van der Waals surface area contributed by atoms with Gasteiger partial charge >= 0.3 is 18.3 Å². The summed E-state index contributed by atoms with van der Waals surface area (Å²) in [6.07, 6.45) is -7.01. The third-order valence-corrected chi connectivity index (χ3v) is 9.96. The molecule has 3 aromatic rings. The van der Waals surface area contributed by atoms with Gasteiger partial charge < -0.3 is 15.2 Å². The van der Waals surface area contributed by atoms with Gasteiger partial charge in [-0.1, -0.05) is 36.1 Å². The van der Waals surface area contributed by atoms with Crippen LogP contribution in [0.5, 0.6) is 5.75 Å². The number of halogens is 6. The molecule has 2 heterocycles. The minimum atomic E-state index is -5.05. The topological polar surface area (TPSA) is 102 Å². The minimum Gasteiger partial charge on any atom is -0.492 e. The summed E-state index contributed by atoms with van der Waals surface area (Å²) in [7, 11) is 0. The first-order chi connectivity index (χ1) is 25.5. The van der Waals surface area contributed by atoms with Crippen LogP contribution in [0, 0.1) is 0 Å². The summed E-state index contributed by atoms with van der Waals surface area (Å²) in [6.45, 7) is 8.45. The van der Waals surface area contributed by atoms with Crippen molar-refractivity contribution in [2.45, 2.75) is 18.8 Å². The summed E-state index contributed by atoms with van der Waals surface area (Å²) in [5.41, 5.74) is -2.65. The first kappa shape index (κ1) is 40.5. The molecule has 5 rings (SSSR count). The number of thiocarbonyl (C=S) groups is 1. The number of carboxylic acid groups (broad SMARTS) is 1. The van der Waals surface area contributed by atoms with Gasteiger partial charge in [-0.3, -0.25) is 24.3 Å². The van der Waals surface area contributed by atoms with Crippen molar-refractivity contribution in [2.24, 2.45) is 0 Å². The highest BCUT2D eigenvalue weighted by Crippen LogP contribution is 2.40. The molecule has 2 aliphatic heterocycles. The predicted octanol–water partition coefficient (Wildman–Crippen LogP) is 7.50. The van der Waals surface area contributed by atoms with Crippen LogP contribution >= 0.6 is 24.0 Å². The molecule has 0 aliphatic carbocycles. The summed E-state index contributed by atoms with van der Waals surface area (Å²) < 4.78 is 88.3. The lowest BCUT2D eigenvalue weighted by Gasteiger charge is -2.33. The third-order valence-electron chi connectivity index (χ3n) is 8.59. The maximum absolute atomic E-state index is 13.7. The van der Waals surface area contributed by atoms with Crippen LogP contribution in [0.2, 0.25) is 0 Å². The van der Waals surface area contributed by atoms with Crippen LogP contribution in [0.1, 0.15) is 33.5 Å². The summed E-state index contributed by atoms with van der Waals surface area (Å²) >= 11 is 6.33. The van der Waals surface area contributed by atoms with Gasteiger partial charge in [0.05, 0.1) is 21.6 Å². The molecular weight excluding hydrogens is 759 g/mol. The predicted molar refractivity (Wildman–Crippen MR) is 197 cm³/mol. The molecule has 0 spiro atoms. The van der Waals surface area contributed by atoms with Crippen LogP contribution in [0.15, 0.2) is 78.2 Å². The number of carbonyl (C=O) groups is 3. The fourth-order valence-electron chi connectivity index (χ4n) is 5.72. The van der Waals surface area contributed by atoms with Crippen LogP contribution in [0.4, 0.5) is 32.0 Å². The number of carbonyl (C=O) groups excluding carboxylic acids is 2. The number of hydrogen-bond acceptors (Lipinski definition) is 8. The molecule has 17 heteroatoms. The molecule has 2 amide bonds. The van der Waals surface area contributed by atoms with Gasteiger partial charge in [-0.15, -0.1) is 6.58 Å². The molecule has 2 fully saturated rings. The van der Waals surface area contributed by atoms with Gasteiger partial charge in [0.15, 0.2) is 0 Å². The van der Waals surface area contributed by atoms with E-state index in [9.17, 15) is 40.7 Å². The fraction of sp³-hybridized carbons (Fsp3) is 0.297. The lowest BCUT2D eigenvalue weighted by Crippen LogP contribution is -2.47. The highest BCUT2D eigenvalue weighted by molar-refractivity contribution is 8.26. The molecule has 9 nitrogen and oxygen atoms in total. The number of amides is 2. The zero-order valence-electron chi connectivity index (χ0n) is 28.5. The molecule has 0 aromatic heterocycles. The Kier molecular flexibility index (Phi) is 12.9. The second-order valence-corrected chi connectivity index (χ2v) is 14.0. The van der Waals surface area contributed by atoms with Crippen LogP contribution in [-0.2, 0) is 21.9 Å². The quantitative estimate of drug-likeness (QED) is 0.0789. The maximum atomic E-state index is 13.7. The van der Waals surface area contributed by atoms with Crippen LogP contribution < -0.4 is 10.1 Å². The standard InChI is InChI=1S/C37H34F6N4O5S2/c1-2-10-45-12-14-46(15-13-45)16-17-52-30-8-5-24(25-19-27(36(38,39)40)22-28(20-25)37(41,42)43)18-26(30)21-31-33(49)47(35(53)54-31)11-9-32(48)44-29-6-3-23(4-7-29)34(50)51/h2-8,18-22H,1,9-17H2,(H,44,48)(H,50,51). The molecule has 0 atom stereocenters. The summed E-state index contributed by atoms with van der Waals surface area (Å²) in [5, 5.41) is 11.7. The van der Waals surface area contributed by atoms with Crippen molar-refractivity contribution in [2.75, 3.05) is 57.7 Å². The molecule has 0 saturated carbocycles. The monoisotopic (exact) mass is 792 g/mol. The van der Waals surface area contributed by atoms with E-state index >= 15 is 0 Å². The Hall–Kier alpha value is -4.71. The number of thioether (sulfide) groups is 1. The highest BCUT2D eigenvalue weighted by atomic mass is 32.2. The number of alkyl halides is 6. The molecular formula is C37H34F6N4O5S2. The van der Waals surface area contributed by atoms with Gasteiger partial charge in [0.25, 0.3) is 5.91 Å². The van der Waals surface area contributed by atoms with Crippen LogP contribution in [0.3, 0.4) is 0 Å². The summed E-state index contributed by atoms with van der Waals surface area (Å²) in [4.78, 5) is 43.0. The Bertz CT molecular complexity index is 1910. The van der Waals surface area contributed by atoms with Crippen molar-refractivity contribution in [3.63, 3.8) is 0 Å². The average molecular weight is 793 g/mol. The number of piperazine rings is 1. The number of ether oxygens (including phenoxy) is 1. The third kappa shape index (κ3) is 10.5. The molecule has 54 heavy (non-hydrogen) atoms. The normalized spacial score (nSPS) is 16.6. The highest BCUT2D eigenvalue weighted by Gasteiger charge is 2.37. The fourth-order valence-corrected chi connectivity index (χ4v) is 7.02. The molecule has 0 unspecified atom stereocenters. The number of hydrogen-bond donors (Lipinski definition) is 2. The average Bonchev–Trinajstić information content (AvgIpc) is 3.38. The van der Waals surface area contributed by atoms with Crippen molar-refractivity contribution in [1.29, 1.82) is 0 Å². The van der Waals surface area contributed by atoms with E-state index in [1.165, 1.54) is 53.4 Å². The number of carboxylic acids is 1. The van der Waals surface area contributed by atoms with E-state index in [1.54, 1.807) is 0 Å². The first-order valence-corrected chi connectivity index (χ1v) is 17.7. The molecule has 3 aromatic carbocycles. The van der Waals surface area contributed by atoms with E-state index in [4.69, 9.17) is 22.1 Å². The molecule has 286 valence electrons. The van der Waals surface area contributed by atoms with Gasteiger partial charge in [-0.05, 0) is 71.8 Å². The van der Waals surface area contributed by atoms with Crippen LogP contribution in [-0.4, -0.2) is 94.3 Å². The van der Waals surface area contributed by atoms with Gasteiger partial charge in [-0.25, -0.2) is 4.79 Å². The Balaban J connectivity index is 1.37. The van der Waals surface area contributed by atoms with Gasteiger partial charge in [0.2, 0.25) is 5.91 Å². The van der Waals surface area contributed by atoms with E-state index in [0.29, 0.717) is 24.4 Å². The number of nitrogens with one attached hydrogen (secondary N) is 1. The molecule has 0 radical (unpaired) electrons. The van der Waals surface area contributed by atoms with E-state index in [2.05, 4.69) is 21.7 Å². The van der Waals surface area contributed by atoms with Crippen molar-refractivity contribution in [1.82, 2.24) is 14.7 Å². The lowest BCUT2D eigenvalue weighted by atomic mass is 9.97. The van der Waals surface area contributed by atoms with E-state index in [0.717, 1.165) is 44.5 Å². The number of nitrogens with zero attached hydrogens (tertiary/aromatic N) is 3. The number of rotatable bonds is 13. The SMILES string of the molecule is C=CCN1CCN(CCOc2ccc(-c3cc(C(F)(F)F)cc(C(F)(F)F)c3)cc2C=C2SC(=S)N(CCC(=O)Nc3ccc(C(=O)O)cc3)C2=O)CC1. The summed E-state index contributed by atoms with van der Waals surface area (Å²) in [5.74, 6) is -1.91. The van der Waals surface area contributed by atoms with Gasteiger partial charge in [0, 0.05) is 63.5 Å². The number of anilines is 1. The number of benzene rings is 3. The second-order valence-electron chi connectivity index (χ2n) is 12.3. The molecule has 2 saturated heterocycles. The van der Waals surface area contributed by atoms with E-state index < -0.39 is 41.3 Å². The van der Waals surface area contributed by atoms with Crippen LogP contribution in [0.25, 0.3) is 17.2 Å². The zero-order valence-corrected chi connectivity index (χ0v) is 30.1. The van der Waals surface area contributed by atoms with Gasteiger partial charge in [0.1, 0.15) is 16.7 Å².